The number of ether oxygens (including phenoxy) is 1. The summed E-state index contributed by atoms with van der Waals surface area (Å²) in [5.41, 5.74) is 0. The Labute approximate surface area is 70.6 Å². The van der Waals surface area contributed by atoms with Gasteiger partial charge in [0.15, 0.2) is 0 Å². The van der Waals surface area contributed by atoms with Crippen molar-refractivity contribution in [2.75, 3.05) is 12.4 Å². The van der Waals surface area contributed by atoms with E-state index in [1.165, 1.54) is 6.92 Å². The zero-order valence-corrected chi connectivity index (χ0v) is 7.00. The largest absolute Gasteiger partial charge is 0.495 e. The molecule has 0 aliphatic carbocycles. The molecule has 1 aromatic heterocycles. The fourth-order valence-corrected chi connectivity index (χ4v) is 0.755. The molecule has 0 saturated heterocycles. The van der Waals surface area contributed by atoms with E-state index in [1.807, 2.05) is 0 Å². The molecule has 0 saturated carbocycles. The second-order valence-electron chi connectivity index (χ2n) is 2.26. The summed E-state index contributed by atoms with van der Waals surface area (Å²) in [7, 11) is 1.56. The first-order valence-corrected chi connectivity index (χ1v) is 3.50. The van der Waals surface area contributed by atoms with E-state index in [0.29, 0.717) is 11.6 Å². The van der Waals surface area contributed by atoms with Gasteiger partial charge in [-0.2, -0.15) is 0 Å². The molecule has 1 rings (SSSR count). The second kappa shape index (κ2) is 3.71. The van der Waals surface area contributed by atoms with Crippen LogP contribution in [0.5, 0.6) is 5.75 Å². The van der Waals surface area contributed by atoms with Crippen LogP contribution < -0.4 is 10.1 Å². The molecule has 0 spiro atoms. The van der Waals surface area contributed by atoms with Crippen LogP contribution in [0.1, 0.15) is 6.92 Å². The van der Waals surface area contributed by atoms with Gasteiger partial charge in [0, 0.05) is 6.92 Å². The number of nitrogens with zero attached hydrogens (tertiary/aromatic N) is 1. The summed E-state index contributed by atoms with van der Waals surface area (Å²) in [5, 5.41) is 2.55. The van der Waals surface area contributed by atoms with Crippen LogP contribution in [0.4, 0.5) is 5.82 Å². The maximum Gasteiger partial charge on any atom is 0.222 e. The summed E-state index contributed by atoms with van der Waals surface area (Å²) in [6.45, 7) is 1.44. The summed E-state index contributed by atoms with van der Waals surface area (Å²) < 4.78 is 4.90. The minimum atomic E-state index is -0.132. The van der Waals surface area contributed by atoms with Gasteiger partial charge in [-0.3, -0.25) is 4.79 Å². The highest BCUT2D eigenvalue weighted by atomic mass is 16.5. The van der Waals surface area contributed by atoms with Gasteiger partial charge in [0.2, 0.25) is 5.91 Å². The summed E-state index contributed by atoms with van der Waals surface area (Å²) in [6, 6.07) is 3.42. The molecule has 0 aliphatic heterocycles. The van der Waals surface area contributed by atoms with Crippen molar-refractivity contribution in [3.63, 3.8) is 0 Å². The Morgan fingerprint density at radius 1 is 1.58 bits per heavy atom. The minimum absolute atomic E-state index is 0.132. The number of aromatic nitrogens is 1. The van der Waals surface area contributed by atoms with E-state index < -0.39 is 0 Å². The van der Waals surface area contributed by atoms with E-state index in [1.54, 1.807) is 25.4 Å². The molecule has 1 aromatic rings. The summed E-state index contributed by atoms with van der Waals surface area (Å²) >= 11 is 0. The molecular weight excluding hydrogens is 156 g/mol. The third-order valence-corrected chi connectivity index (χ3v) is 1.28. The molecular formula is C8H10N2O2. The van der Waals surface area contributed by atoms with E-state index in [4.69, 9.17) is 4.74 Å². The molecule has 0 aliphatic rings. The first-order chi connectivity index (χ1) is 5.72. The van der Waals surface area contributed by atoms with Crippen LogP contribution >= 0.6 is 0 Å². The normalized spacial score (nSPS) is 9.17. The van der Waals surface area contributed by atoms with Gasteiger partial charge in [-0.15, -0.1) is 0 Å². The molecule has 12 heavy (non-hydrogen) atoms. The van der Waals surface area contributed by atoms with Crippen molar-refractivity contribution >= 4 is 11.7 Å². The maximum atomic E-state index is 10.6. The van der Waals surface area contributed by atoms with Crippen molar-refractivity contribution in [3.8, 4) is 5.75 Å². The lowest BCUT2D eigenvalue weighted by Gasteiger charge is -2.01. The number of pyridine rings is 1. The number of hydrogen-bond donors (Lipinski definition) is 1. The molecule has 4 nitrogen and oxygen atoms in total. The lowest BCUT2D eigenvalue weighted by atomic mass is 10.4. The van der Waals surface area contributed by atoms with Crippen molar-refractivity contribution in [2.45, 2.75) is 6.92 Å². The van der Waals surface area contributed by atoms with Crippen LogP contribution in [0.25, 0.3) is 0 Å². The fraction of sp³-hybridized carbons (Fsp3) is 0.250. The number of carbonyl (C=O) groups is 1. The number of methoxy groups -OCH3 is 1. The molecule has 4 heteroatoms. The van der Waals surface area contributed by atoms with E-state index in [-0.39, 0.29) is 5.91 Å². The predicted octanol–water partition coefficient (Wildman–Crippen LogP) is 1.05. The van der Waals surface area contributed by atoms with Crippen LogP contribution in [0.15, 0.2) is 18.3 Å². The van der Waals surface area contributed by atoms with Crippen molar-refractivity contribution in [1.29, 1.82) is 0 Å². The molecule has 1 amide bonds. The molecule has 0 radical (unpaired) electrons. The second-order valence-corrected chi connectivity index (χ2v) is 2.26. The SMILES string of the molecule is COc1ccc(NC(C)=O)nc1. The maximum absolute atomic E-state index is 10.6. The first kappa shape index (κ1) is 8.52. The zero-order valence-electron chi connectivity index (χ0n) is 7.00. The summed E-state index contributed by atoms with van der Waals surface area (Å²) in [5.74, 6) is 1.07. The van der Waals surface area contributed by atoms with E-state index in [9.17, 15) is 4.79 Å². The van der Waals surface area contributed by atoms with Crippen LogP contribution in [0, 0.1) is 0 Å². The molecule has 1 heterocycles. The molecule has 0 aromatic carbocycles. The summed E-state index contributed by atoms with van der Waals surface area (Å²) in [4.78, 5) is 14.5. The highest BCUT2D eigenvalue weighted by Crippen LogP contribution is 2.10. The smallest absolute Gasteiger partial charge is 0.222 e. The minimum Gasteiger partial charge on any atom is -0.495 e. The quantitative estimate of drug-likeness (QED) is 0.714. The Balaban J connectivity index is 2.71. The van der Waals surface area contributed by atoms with E-state index in [2.05, 4.69) is 10.3 Å². The summed E-state index contributed by atoms with van der Waals surface area (Å²) in [6.07, 6.45) is 1.55. The lowest BCUT2D eigenvalue weighted by molar-refractivity contribution is -0.114. The predicted molar refractivity (Wildman–Crippen MR) is 45.1 cm³/mol. The van der Waals surface area contributed by atoms with Gasteiger partial charge in [-0.1, -0.05) is 0 Å². The van der Waals surface area contributed by atoms with E-state index >= 15 is 0 Å². The Hall–Kier alpha value is -1.58. The van der Waals surface area contributed by atoms with Crippen LogP contribution in [0.2, 0.25) is 0 Å². The number of carbonyl (C=O) groups excluding carboxylic acids is 1. The number of rotatable bonds is 2. The Morgan fingerprint density at radius 3 is 2.75 bits per heavy atom. The zero-order chi connectivity index (χ0) is 8.97. The van der Waals surface area contributed by atoms with Gasteiger partial charge >= 0.3 is 0 Å². The van der Waals surface area contributed by atoms with Gasteiger partial charge in [0.05, 0.1) is 13.3 Å². The van der Waals surface area contributed by atoms with Crippen LogP contribution in [0.3, 0.4) is 0 Å². The number of amides is 1. The highest BCUT2D eigenvalue weighted by molar-refractivity contribution is 5.87. The fourth-order valence-electron chi connectivity index (χ4n) is 0.755. The van der Waals surface area contributed by atoms with Gasteiger partial charge in [0.25, 0.3) is 0 Å². The number of hydrogen-bond acceptors (Lipinski definition) is 3. The molecule has 1 N–H and O–H groups in total. The van der Waals surface area contributed by atoms with Gasteiger partial charge in [-0.25, -0.2) is 4.98 Å². The average molecular weight is 166 g/mol. The van der Waals surface area contributed by atoms with Crippen molar-refractivity contribution in [2.24, 2.45) is 0 Å². The van der Waals surface area contributed by atoms with Crippen molar-refractivity contribution in [3.05, 3.63) is 18.3 Å². The Kier molecular flexibility index (Phi) is 2.63. The lowest BCUT2D eigenvalue weighted by Crippen LogP contribution is -2.06. The van der Waals surface area contributed by atoms with Crippen molar-refractivity contribution < 1.29 is 9.53 Å². The molecule has 0 unspecified atom stereocenters. The standard InChI is InChI=1S/C8H10N2O2/c1-6(11)10-8-4-3-7(12-2)5-9-8/h3-5H,1-2H3,(H,9,10,11). The molecule has 64 valence electrons. The first-order valence-electron chi connectivity index (χ1n) is 3.50. The number of anilines is 1. The third kappa shape index (κ3) is 2.23. The van der Waals surface area contributed by atoms with Crippen LogP contribution in [-0.4, -0.2) is 18.0 Å². The monoisotopic (exact) mass is 166 g/mol. The topological polar surface area (TPSA) is 51.2 Å². The van der Waals surface area contributed by atoms with Gasteiger partial charge in [0.1, 0.15) is 11.6 Å². The van der Waals surface area contributed by atoms with Crippen LogP contribution in [-0.2, 0) is 4.79 Å². The van der Waals surface area contributed by atoms with Gasteiger partial charge < -0.3 is 10.1 Å². The van der Waals surface area contributed by atoms with Crippen molar-refractivity contribution in [1.82, 2.24) is 4.98 Å². The van der Waals surface area contributed by atoms with Gasteiger partial charge in [-0.05, 0) is 12.1 Å². The molecule has 0 bridgehead atoms. The third-order valence-electron chi connectivity index (χ3n) is 1.28. The average Bonchev–Trinajstić information content (AvgIpc) is 2.05. The molecule has 0 fully saturated rings. The molecule has 0 atom stereocenters. The highest BCUT2D eigenvalue weighted by Gasteiger charge is 1.96. The Morgan fingerprint density at radius 2 is 2.33 bits per heavy atom. The number of nitrogens with one attached hydrogen (secondary N) is 1. The Bertz CT molecular complexity index is 269. The van der Waals surface area contributed by atoms with E-state index in [0.717, 1.165) is 0 Å².